The second-order valence-electron chi connectivity index (χ2n) is 11.7. The number of ether oxygens (including phenoxy) is 1. The van der Waals surface area contributed by atoms with Crippen LogP contribution in [0.15, 0.2) is 88.7 Å². The standard InChI is InChI=1S/C33H26ClN3O5S2/c34-17-8-10-18(11-9-17)35-23(38)15-42-20-12-6-16(7-13-20)24-25-21-14-22(28(25)43-30-29(24)44-33(41)36-30)27-26(21)31(39)37(32(27)40)19-4-2-1-3-5-19/h1-13,21-22,24-28H,14-15H2,(H,35,38)(H,36,41)/t21-,22-,24+,25-,26+,27+,28-/m1/s1. The van der Waals surface area contributed by atoms with Crippen molar-refractivity contribution in [2.45, 2.75) is 22.6 Å². The molecule has 2 N–H and O–H groups in total. The van der Waals surface area contributed by atoms with Crippen LogP contribution in [-0.2, 0) is 14.4 Å². The molecule has 4 aromatic rings. The van der Waals surface area contributed by atoms with Crippen molar-refractivity contribution in [3.63, 3.8) is 0 Å². The van der Waals surface area contributed by atoms with Crippen molar-refractivity contribution in [1.29, 1.82) is 0 Å². The van der Waals surface area contributed by atoms with Gasteiger partial charge in [0.25, 0.3) is 5.91 Å². The topological polar surface area (TPSA) is 109 Å². The molecule has 2 aliphatic heterocycles. The molecule has 1 aromatic heterocycles. The van der Waals surface area contributed by atoms with Crippen molar-refractivity contribution >= 4 is 63.8 Å². The number of fused-ring (bicyclic) bond motifs is 9. The van der Waals surface area contributed by atoms with Gasteiger partial charge in [-0.05, 0) is 78.3 Å². The van der Waals surface area contributed by atoms with E-state index in [-0.39, 0.29) is 70.0 Å². The number of carbonyl (C=O) groups is 3. The minimum atomic E-state index is -0.351. The maximum Gasteiger partial charge on any atom is 0.305 e. The number of halogens is 1. The highest BCUT2D eigenvalue weighted by atomic mass is 35.5. The molecule has 1 saturated heterocycles. The van der Waals surface area contributed by atoms with Crippen molar-refractivity contribution in [2.24, 2.45) is 29.6 Å². The number of H-pyrrole nitrogens is 1. The largest absolute Gasteiger partial charge is 0.484 e. The van der Waals surface area contributed by atoms with Gasteiger partial charge in [0.2, 0.25) is 11.8 Å². The van der Waals surface area contributed by atoms with E-state index in [4.69, 9.17) is 16.3 Å². The van der Waals surface area contributed by atoms with Crippen LogP contribution in [0.1, 0.15) is 22.8 Å². The van der Waals surface area contributed by atoms with Crippen molar-refractivity contribution in [1.82, 2.24) is 4.98 Å². The van der Waals surface area contributed by atoms with Crippen LogP contribution in [0.5, 0.6) is 5.75 Å². The zero-order chi connectivity index (χ0) is 30.1. The Balaban J connectivity index is 1.05. The molecule has 7 atom stereocenters. The number of benzene rings is 3. The number of amides is 3. The van der Waals surface area contributed by atoms with Crippen LogP contribution < -0.4 is 19.8 Å². The Bertz CT molecular complexity index is 1840. The molecule has 3 amide bonds. The van der Waals surface area contributed by atoms with Crippen molar-refractivity contribution in [3.8, 4) is 5.75 Å². The monoisotopic (exact) mass is 643 g/mol. The van der Waals surface area contributed by atoms with E-state index in [1.165, 1.54) is 16.2 Å². The number of carbonyl (C=O) groups excluding carboxylic acids is 3. The lowest BCUT2D eigenvalue weighted by Crippen LogP contribution is -2.42. The van der Waals surface area contributed by atoms with Crippen LogP contribution in [-0.4, -0.2) is 34.6 Å². The fraction of sp³-hybridized carbons (Fsp3) is 0.273. The predicted octanol–water partition coefficient (Wildman–Crippen LogP) is 5.79. The maximum absolute atomic E-state index is 13.8. The summed E-state index contributed by atoms with van der Waals surface area (Å²) in [5.74, 6) is -0.507. The number of thiazole rings is 1. The first-order valence-electron chi connectivity index (χ1n) is 14.5. The molecule has 0 radical (unpaired) electrons. The fourth-order valence-electron chi connectivity index (χ4n) is 7.87. The summed E-state index contributed by atoms with van der Waals surface area (Å²) in [6, 6.07) is 23.7. The average molecular weight is 644 g/mol. The predicted molar refractivity (Wildman–Crippen MR) is 169 cm³/mol. The first-order valence-corrected chi connectivity index (χ1v) is 16.6. The Labute approximate surface area is 265 Å². The highest BCUT2D eigenvalue weighted by Gasteiger charge is 2.69. The number of rotatable bonds is 6. The lowest BCUT2D eigenvalue weighted by atomic mass is 9.68. The molecule has 0 spiro atoms. The third-order valence-corrected chi connectivity index (χ3v) is 12.3. The number of thioether (sulfide) groups is 1. The molecular weight excluding hydrogens is 618 g/mol. The molecule has 3 fully saturated rings. The van der Waals surface area contributed by atoms with E-state index in [9.17, 15) is 19.2 Å². The van der Waals surface area contributed by atoms with E-state index in [1.807, 2.05) is 54.6 Å². The number of para-hydroxylation sites is 1. The van der Waals surface area contributed by atoms with Gasteiger partial charge in [-0.2, -0.15) is 0 Å². The number of imide groups is 1. The highest BCUT2D eigenvalue weighted by Crippen LogP contribution is 2.68. The van der Waals surface area contributed by atoms with Crippen molar-refractivity contribution in [2.75, 3.05) is 16.8 Å². The van der Waals surface area contributed by atoms with E-state index in [0.717, 1.165) is 21.9 Å². The van der Waals surface area contributed by atoms with Crippen LogP contribution >= 0.6 is 34.7 Å². The van der Waals surface area contributed by atoms with E-state index >= 15 is 0 Å². The number of hydrogen-bond donors (Lipinski definition) is 2. The van der Waals surface area contributed by atoms with Gasteiger partial charge < -0.3 is 15.0 Å². The van der Waals surface area contributed by atoms with Crippen LogP contribution in [0.4, 0.5) is 11.4 Å². The molecule has 8 rings (SSSR count). The Morgan fingerprint density at radius 3 is 2.36 bits per heavy atom. The number of nitrogens with one attached hydrogen (secondary N) is 2. The molecule has 8 nitrogen and oxygen atoms in total. The molecular formula is C33H26ClN3O5S2. The fourth-order valence-corrected chi connectivity index (χ4v) is 10.9. The van der Waals surface area contributed by atoms with Gasteiger partial charge in [0.15, 0.2) is 6.61 Å². The van der Waals surface area contributed by atoms with E-state index in [1.54, 1.807) is 36.0 Å². The molecule has 3 aromatic carbocycles. The Kier molecular flexibility index (Phi) is 6.69. The van der Waals surface area contributed by atoms with Crippen LogP contribution in [0, 0.1) is 29.6 Å². The molecule has 2 saturated carbocycles. The van der Waals surface area contributed by atoms with Gasteiger partial charge in [-0.25, -0.2) is 0 Å². The zero-order valence-corrected chi connectivity index (χ0v) is 25.5. The number of hydrogen-bond acceptors (Lipinski definition) is 7. The van der Waals surface area contributed by atoms with Crippen molar-refractivity contribution in [3.05, 3.63) is 104 Å². The number of nitrogens with zero attached hydrogens (tertiary/aromatic N) is 1. The first-order chi connectivity index (χ1) is 21.4. The summed E-state index contributed by atoms with van der Waals surface area (Å²) >= 11 is 8.81. The molecule has 3 heterocycles. The van der Waals surface area contributed by atoms with Gasteiger partial charge in [0, 0.05) is 26.8 Å². The lowest BCUT2D eigenvalue weighted by Gasteiger charge is -2.43. The van der Waals surface area contributed by atoms with Crippen molar-refractivity contribution < 1.29 is 19.1 Å². The van der Waals surface area contributed by atoms with Crippen LogP contribution in [0.3, 0.4) is 0 Å². The summed E-state index contributed by atoms with van der Waals surface area (Å²) < 4.78 is 5.77. The van der Waals surface area contributed by atoms with Gasteiger partial charge in [0.1, 0.15) is 5.75 Å². The third kappa shape index (κ3) is 4.42. The van der Waals surface area contributed by atoms with Gasteiger partial charge in [-0.1, -0.05) is 53.3 Å². The minimum absolute atomic E-state index is 0.0375. The lowest BCUT2D eigenvalue weighted by molar-refractivity contribution is -0.123. The number of aromatic amines is 1. The molecule has 11 heteroatoms. The van der Waals surface area contributed by atoms with Crippen LogP contribution in [0.2, 0.25) is 5.02 Å². The summed E-state index contributed by atoms with van der Waals surface area (Å²) in [7, 11) is 0. The Morgan fingerprint density at radius 1 is 0.932 bits per heavy atom. The first kappa shape index (κ1) is 27.7. The molecule has 222 valence electrons. The summed E-state index contributed by atoms with van der Waals surface area (Å²) in [4.78, 5) is 57.9. The number of aromatic nitrogens is 1. The SMILES string of the molecule is O=C(COc1ccc([C@@H]2c3sc(=O)[nH]c3S[C@@H]3[C@@H]4C[C@@H]([C@@H]5C(=O)N(c6ccccc6)C(=O)[C@@H]45)[C@H]23)cc1)Nc1ccc(Cl)cc1. The maximum atomic E-state index is 13.8. The van der Waals surface area contributed by atoms with Gasteiger partial charge in [-0.3, -0.25) is 24.1 Å². The molecule has 2 aliphatic carbocycles. The minimum Gasteiger partial charge on any atom is -0.484 e. The van der Waals surface area contributed by atoms with Crippen LogP contribution in [0.25, 0.3) is 0 Å². The second-order valence-corrected chi connectivity index (χ2v) is 14.4. The van der Waals surface area contributed by atoms with Gasteiger partial charge in [0.05, 0.1) is 22.5 Å². The zero-order valence-electron chi connectivity index (χ0n) is 23.1. The third-order valence-electron chi connectivity index (χ3n) is 9.48. The summed E-state index contributed by atoms with van der Waals surface area (Å²) in [5.41, 5.74) is 2.28. The van der Waals surface area contributed by atoms with Gasteiger partial charge in [-0.15, -0.1) is 11.8 Å². The summed E-state index contributed by atoms with van der Waals surface area (Å²) in [5, 5.41) is 4.35. The normalized spacial score (nSPS) is 28.0. The second kappa shape index (κ2) is 10.6. The summed E-state index contributed by atoms with van der Waals surface area (Å²) in [6.07, 6.45) is 0.831. The smallest absolute Gasteiger partial charge is 0.305 e. The van der Waals surface area contributed by atoms with E-state index < -0.39 is 0 Å². The number of anilines is 2. The quantitative estimate of drug-likeness (QED) is 0.258. The molecule has 44 heavy (non-hydrogen) atoms. The average Bonchev–Trinajstić information content (AvgIpc) is 3.77. The highest BCUT2D eigenvalue weighted by molar-refractivity contribution is 8.00. The molecule has 4 aliphatic rings. The van der Waals surface area contributed by atoms with E-state index in [0.29, 0.717) is 22.1 Å². The molecule has 2 bridgehead atoms. The van der Waals surface area contributed by atoms with Gasteiger partial charge >= 0.3 is 4.87 Å². The van der Waals surface area contributed by atoms with E-state index in [2.05, 4.69) is 10.3 Å². The molecule has 0 unspecified atom stereocenters. The summed E-state index contributed by atoms with van der Waals surface area (Å²) in [6.45, 7) is -0.156. The Morgan fingerprint density at radius 2 is 1.64 bits per heavy atom. The Hall–Kier alpha value is -3.86.